The van der Waals surface area contributed by atoms with Gasteiger partial charge in [0.05, 0.1) is 7.11 Å². The van der Waals surface area contributed by atoms with Gasteiger partial charge in [0, 0.05) is 6.04 Å². The molecule has 0 aliphatic rings. The van der Waals surface area contributed by atoms with E-state index >= 15 is 0 Å². The van der Waals surface area contributed by atoms with Crippen molar-refractivity contribution in [2.75, 3.05) is 14.2 Å². The highest BCUT2D eigenvalue weighted by atomic mass is 16.5. The van der Waals surface area contributed by atoms with Gasteiger partial charge in [-0.15, -0.1) is 0 Å². The molecule has 0 heterocycles. The normalized spacial score (nSPS) is 12.5. The number of ether oxygens (including phenoxy) is 1. The molecule has 0 radical (unpaired) electrons. The number of hydrogen-bond donors (Lipinski definition) is 1. The molecular weight excluding hydrogens is 210 g/mol. The molecule has 1 N–H and O–H groups in total. The Morgan fingerprint density at radius 3 is 2.71 bits per heavy atom. The van der Waals surface area contributed by atoms with Gasteiger partial charge >= 0.3 is 0 Å². The van der Waals surface area contributed by atoms with Crippen LogP contribution in [-0.2, 0) is 6.42 Å². The van der Waals surface area contributed by atoms with E-state index in [2.05, 4.69) is 37.4 Å². The molecule has 1 rings (SSSR count). The third-order valence-electron chi connectivity index (χ3n) is 3.22. The maximum Gasteiger partial charge on any atom is 0.122 e. The van der Waals surface area contributed by atoms with E-state index in [0.717, 1.165) is 12.2 Å². The number of aryl methyl sites for hydroxylation is 1. The second-order valence-corrected chi connectivity index (χ2v) is 4.65. The van der Waals surface area contributed by atoms with Crippen molar-refractivity contribution in [1.82, 2.24) is 5.32 Å². The zero-order valence-corrected chi connectivity index (χ0v) is 11.5. The number of unbranched alkanes of at least 4 members (excludes halogenated alkanes) is 1. The predicted octanol–water partition coefficient (Wildman–Crippen LogP) is 3.32. The van der Waals surface area contributed by atoms with E-state index in [1.54, 1.807) is 7.11 Å². The number of likely N-dealkylation sites (N-methyl/N-ethyl adjacent to an activating group) is 1. The van der Waals surface area contributed by atoms with Gasteiger partial charge in [0.2, 0.25) is 0 Å². The van der Waals surface area contributed by atoms with Gasteiger partial charge in [-0.1, -0.05) is 37.5 Å². The highest BCUT2D eigenvalue weighted by Crippen LogP contribution is 2.22. The first-order valence-corrected chi connectivity index (χ1v) is 6.52. The molecule has 0 fully saturated rings. The molecular formula is C15H25NO. The fraction of sp³-hybridized carbons (Fsp3) is 0.600. The van der Waals surface area contributed by atoms with Crippen molar-refractivity contribution < 1.29 is 4.74 Å². The molecule has 1 aromatic rings. The molecule has 96 valence electrons. The van der Waals surface area contributed by atoms with Crippen LogP contribution in [0.3, 0.4) is 0 Å². The third kappa shape index (κ3) is 4.39. The molecule has 1 unspecified atom stereocenters. The quantitative estimate of drug-likeness (QED) is 0.782. The first-order valence-electron chi connectivity index (χ1n) is 6.52. The standard InChI is InChI=1S/C15H25NO/c1-5-6-7-14(16-3)11-13-10-12(2)8-9-15(13)17-4/h8-10,14,16H,5-7,11H2,1-4H3. The number of nitrogens with one attached hydrogen (secondary N) is 1. The van der Waals surface area contributed by atoms with E-state index in [1.165, 1.54) is 30.4 Å². The average molecular weight is 235 g/mol. The average Bonchev–Trinajstić information content (AvgIpc) is 2.34. The summed E-state index contributed by atoms with van der Waals surface area (Å²) in [4.78, 5) is 0. The van der Waals surface area contributed by atoms with Crippen LogP contribution in [0.5, 0.6) is 5.75 Å². The molecule has 0 aliphatic carbocycles. The third-order valence-corrected chi connectivity index (χ3v) is 3.22. The van der Waals surface area contributed by atoms with Gasteiger partial charge in [0.15, 0.2) is 0 Å². The van der Waals surface area contributed by atoms with Crippen molar-refractivity contribution in [3.05, 3.63) is 29.3 Å². The van der Waals surface area contributed by atoms with Crippen LogP contribution in [-0.4, -0.2) is 20.2 Å². The molecule has 0 aromatic heterocycles. The molecule has 0 spiro atoms. The lowest BCUT2D eigenvalue weighted by atomic mass is 9.99. The minimum atomic E-state index is 0.547. The molecule has 1 aromatic carbocycles. The second kappa shape index (κ2) is 7.33. The van der Waals surface area contributed by atoms with Crippen molar-refractivity contribution in [3.63, 3.8) is 0 Å². The fourth-order valence-corrected chi connectivity index (χ4v) is 2.13. The van der Waals surface area contributed by atoms with Crippen LogP contribution in [0.15, 0.2) is 18.2 Å². The van der Waals surface area contributed by atoms with E-state index in [9.17, 15) is 0 Å². The monoisotopic (exact) mass is 235 g/mol. The van der Waals surface area contributed by atoms with Crippen LogP contribution >= 0.6 is 0 Å². The summed E-state index contributed by atoms with van der Waals surface area (Å²) in [6, 6.07) is 6.94. The maximum atomic E-state index is 5.42. The van der Waals surface area contributed by atoms with Crippen molar-refractivity contribution >= 4 is 0 Å². The topological polar surface area (TPSA) is 21.3 Å². The number of benzene rings is 1. The van der Waals surface area contributed by atoms with Crippen LogP contribution in [0, 0.1) is 6.92 Å². The minimum Gasteiger partial charge on any atom is -0.496 e. The summed E-state index contributed by atoms with van der Waals surface area (Å²) in [6.07, 6.45) is 4.80. The Bertz CT molecular complexity index is 336. The van der Waals surface area contributed by atoms with E-state index in [1.807, 2.05) is 7.05 Å². The minimum absolute atomic E-state index is 0.547. The van der Waals surface area contributed by atoms with Gasteiger partial charge in [-0.05, 0) is 38.4 Å². The summed E-state index contributed by atoms with van der Waals surface area (Å²) in [5.74, 6) is 1.01. The Morgan fingerprint density at radius 1 is 1.35 bits per heavy atom. The van der Waals surface area contributed by atoms with E-state index in [4.69, 9.17) is 4.74 Å². The smallest absolute Gasteiger partial charge is 0.122 e. The molecule has 2 heteroatoms. The van der Waals surface area contributed by atoms with Crippen LogP contribution < -0.4 is 10.1 Å². The highest BCUT2D eigenvalue weighted by molar-refractivity contribution is 5.37. The van der Waals surface area contributed by atoms with Crippen LogP contribution in [0.4, 0.5) is 0 Å². The largest absolute Gasteiger partial charge is 0.496 e. The predicted molar refractivity (Wildman–Crippen MR) is 73.8 cm³/mol. The van der Waals surface area contributed by atoms with Gasteiger partial charge in [-0.3, -0.25) is 0 Å². The molecule has 0 saturated heterocycles. The Labute approximate surface area is 105 Å². The molecule has 17 heavy (non-hydrogen) atoms. The van der Waals surface area contributed by atoms with Gasteiger partial charge in [-0.25, -0.2) is 0 Å². The summed E-state index contributed by atoms with van der Waals surface area (Å²) in [6.45, 7) is 4.36. The Morgan fingerprint density at radius 2 is 2.12 bits per heavy atom. The first-order chi connectivity index (χ1) is 8.21. The van der Waals surface area contributed by atoms with Gasteiger partial charge in [0.25, 0.3) is 0 Å². The summed E-state index contributed by atoms with van der Waals surface area (Å²) < 4.78 is 5.42. The van der Waals surface area contributed by atoms with Gasteiger partial charge in [0.1, 0.15) is 5.75 Å². The molecule has 1 atom stereocenters. The van der Waals surface area contributed by atoms with Crippen LogP contribution in [0.2, 0.25) is 0 Å². The van der Waals surface area contributed by atoms with Crippen LogP contribution in [0.25, 0.3) is 0 Å². The van der Waals surface area contributed by atoms with Crippen LogP contribution in [0.1, 0.15) is 37.3 Å². The molecule has 2 nitrogen and oxygen atoms in total. The Kier molecular flexibility index (Phi) is 6.06. The highest BCUT2D eigenvalue weighted by Gasteiger charge is 2.10. The van der Waals surface area contributed by atoms with Crippen molar-refractivity contribution in [2.24, 2.45) is 0 Å². The lowest BCUT2D eigenvalue weighted by Crippen LogP contribution is -2.27. The SMILES string of the molecule is CCCCC(Cc1cc(C)ccc1OC)NC. The lowest BCUT2D eigenvalue weighted by molar-refractivity contribution is 0.403. The fourth-order valence-electron chi connectivity index (χ4n) is 2.13. The number of hydrogen-bond acceptors (Lipinski definition) is 2. The van der Waals surface area contributed by atoms with Crippen molar-refractivity contribution in [1.29, 1.82) is 0 Å². The zero-order chi connectivity index (χ0) is 12.7. The Balaban J connectivity index is 2.73. The van der Waals surface area contributed by atoms with E-state index in [0.29, 0.717) is 6.04 Å². The zero-order valence-electron chi connectivity index (χ0n) is 11.5. The summed E-state index contributed by atoms with van der Waals surface area (Å²) in [5.41, 5.74) is 2.61. The van der Waals surface area contributed by atoms with Crippen molar-refractivity contribution in [3.8, 4) is 5.75 Å². The molecule has 0 saturated carbocycles. The van der Waals surface area contributed by atoms with Crippen molar-refractivity contribution in [2.45, 2.75) is 45.6 Å². The maximum absolute atomic E-state index is 5.42. The van der Waals surface area contributed by atoms with E-state index in [-0.39, 0.29) is 0 Å². The first kappa shape index (κ1) is 14.0. The van der Waals surface area contributed by atoms with E-state index < -0.39 is 0 Å². The number of rotatable bonds is 7. The Hall–Kier alpha value is -1.02. The second-order valence-electron chi connectivity index (χ2n) is 4.65. The summed E-state index contributed by atoms with van der Waals surface area (Å²) in [7, 11) is 3.79. The molecule has 0 aliphatic heterocycles. The lowest BCUT2D eigenvalue weighted by Gasteiger charge is -2.18. The van der Waals surface area contributed by atoms with Gasteiger partial charge < -0.3 is 10.1 Å². The summed E-state index contributed by atoms with van der Waals surface area (Å²) >= 11 is 0. The summed E-state index contributed by atoms with van der Waals surface area (Å²) in [5, 5.41) is 3.40. The molecule has 0 amide bonds. The number of methoxy groups -OCH3 is 1. The van der Waals surface area contributed by atoms with Gasteiger partial charge in [-0.2, -0.15) is 0 Å². The molecule has 0 bridgehead atoms.